The first kappa shape index (κ1) is 17.3. The highest BCUT2D eigenvalue weighted by atomic mass is 35.5. The number of nitro benzene ring substituents is 1. The van der Waals surface area contributed by atoms with Crippen molar-refractivity contribution >= 4 is 33.3 Å². The summed E-state index contributed by atoms with van der Waals surface area (Å²) in [5.41, 5.74) is -0.526. The number of nitrogens with zero attached hydrogens (tertiary/aromatic N) is 1. The van der Waals surface area contributed by atoms with E-state index in [1.165, 1.54) is 0 Å². The van der Waals surface area contributed by atoms with Crippen molar-refractivity contribution in [3.8, 4) is 0 Å². The monoisotopic (exact) mass is 338 g/mol. The van der Waals surface area contributed by atoms with Crippen LogP contribution in [0.2, 0.25) is 5.02 Å². The zero-order valence-corrected chi connectivity index (χ0v) is 12.1. The third kappa shape index (κ3) is 5.27. The molecule has 21 heavy (non-hydrogen) atoms. The van der Waals surface area contributed by atoms with E-state index in [9.17, 15) is 23.3 Å². The predicted octanol–water partition coefficient (Wildman–Crippen LogP) is 0.628. The Kier molecular flexibility index (Phi) is 6.03. The van der Waals surface area contributed by atoms with E-state index in [-0.39, 0.29) is 23.1 Å². The van der Waals surface area contributed by atoms with Crippen LogP contribution < -0.4 is 4.72 Å². The van der Waals surface area contributed by atoms with E-state index in [1.807, 2.05) is 0 Å². The summed E-state index contributed by atoms with van der Waals surface area (Å²) in [5, 5.41) is 18.8. The number of carboxylic acid groups (broad SMARTS) is 1. The highest BCUT2D eigenvalue weighted by molar-refractivity contribution is 7.89. The molecule has 9 nitrogen and oxygen atoms in total. The number of hydrogen-bond donors (Lipinski definition) is 2. The summed E-state index contributed by atoms with van der Waals surface area (Å²) in [6, 6.07) is 3.06. The second-order valence-corrected chi connectivity index (χ2v) is 5.89. The minimum absolute atomic E-state index is 0.152. The van der Waals surface area contributed by atoms with Crippen LogP contribution in [-0.2, 0) is 19.6 Å². The van der Waals surface area contributed by atoms with E-state index < -0.39 is 33.2 Å². The summed E-state index contributed by atoms with van der Waals surface area (Å²) in [5.74, 6) is -1.17. The van der Waals surface area contributed by atoms with Crippen LogP contribution in [0.15, 0.2) is 23.1 Å². The number of hydrogen-bond acceptors (Lipinski definition) is 6. The molecule has 2 N–H and O–H groups in total. The number of sulfonamides is 1. The van der Waals surface area contributed by atoms with E-state index in [1.54, 1.807) is 0 Å². The van der Waals surface area contributed by atoms with Gasteiger partial charge in [0, 0.05) is 12.6 Å². The van der Waals surface area contributed by atoms with Crippen LogP contribution in [0.25, 0.3) is 0 Å². The lowest BCUT2D eigenvalue weighted by Gasteiger charge is -2.07. The molecule has 0 spiro atoms. The zero-order chi connectivity index (χ0) is 16.0. The first-order valence-corrected chi connectivity index (χ1v) is 7.33. The predicted molar refractivity (Wildman–Crippen MR) is 71.7 cm³/mol. The van der Waals surface area contributed by atoms with Gasteiger partial charge in [0.05, 0.1) is 16.4 Å². The molecular formula is C10H11ClN2O7S. The summed E-state index contributed by atoms with van der Waals surface area (Å²) in [7, 11) is -3.97. The van der Waals surface area contributed by atoms with Crippen LogP contribution in [0.3, 0.4) is 0 Å². The Bertz CT molecular complexity index is 647. The molecule has 1 rings (SSSR count). The van der Waals surface area contributed by atoms with Crippen molar-refractivity contribution in [2.45, 2.75) is 4.90 Å². The van der Waals surface area contributed by atoms with Gasteiger partial charge in [-0.1, -0.05) is 11.6 Å². The SMILES string of the molecule is O=C(O)COCCNS(=O)(=O)c1ccc(Cl)c([N+](=O)[O-])c1. The fourth-order valence-electron chi connectivity index (χ4n) is 1.29. The number of halogens is 1. The molecule has 0 aromatic heterocycles. The smallest absolute Gasteiger partial charge is 0.329 e. The minimum atomic E-state index is -3.97. The largest absolute Gasteiger partial charge is 0.480 e. The van der Waals surface area contributed by atoms with Gasteiger partial charge in [-0.3, -0.25) is 10.1 Å². The molecule has 1 aromatic rings. The molecule has 0 saturated heterocycles. The number of nitrogens with one attached hydrogen (secondary N) is 1. The van der Waals surface area contributed by atoms with Gasteiger partial charge >= 0.3 is 5.97 Å². The van der Waals surface area contributed by atoms with E-state index in [2.05, 4.69) is 9.46 Å². The number of aliphatic carboxylic acids is 1. The average Bonchev–Trinajstić information content (AvgIpc) is 2.37. The number of ether oxygens (including phenoxy) is 1. The summed E-state index contributed by atoms with van der Waals surface area (Å²) in [6.45, 7) is -0.874. The number of benzene rings is 1. The maximum absolute atomic E-state index is 11.9. The molecule has 0 aliphatic heterocycles. The van der Waals surface area contributed by atoms with Crippen LogP contribution in [0.1, 0.15) is 0 Å². The van der Waals surface area contributed by atoms with Crippen LogP contribution >= 0.6 is 11.6 Å². The lowest BCUT2D eigenvalue weighted by atomic mass is 10.3. The van der Waals surface area contributed by atoms with Gasteiger partial charge in [-0.05, 0) is 12.1 Å². The number of nitro groups is 1. The van der Waals surface area contributed by atoms with Gasteiger partial charge in [0.1, 0.15) is 11.6 Å². The molecule has 0 bridgehead atoms. The Morgan fingerprint density at radius 1 is 1.48 bits per heavy atom. The maximum atomic E-state index is 11.9. The zero-order valence-electron chi connectivity index (χ0n) is 10.5. The van der Waals surface area contributed by atoms with E-state index in [4.69, 9.17) is 16.7 Å². The summed E-state index contributed by atoms with van der Waals surface area (Å²) in [6.07, 6.45) is 0. The Labute approximate surface area is 124 Å². The number of carboxylic acids is 1. The first-order valence-electron chi connectivity index (χ1n) is 5.47. The normalized spacial score (nSPS) is 11.3. The number of rotatable bonds is 8. The summed E-state index contributed by atoms with van der Waals surface area (Å²) in [4.78, 5) is 19.8. The van der Waals surface area contributed by atoms with Crippen molar-refractivity contribution in [3.63, 3.8) is 0 Å². The first-order chi connectivity index (χ1) is 9.74. The molecule has 0 heterocycles. The Hall–Kier alpha value is -1.75. The van der Waals surface area contributed by atoms with Crippen LogP contribution in [0.5, 0.6) is 0 Å². The van der Waals surface area contributed by atoms with Gasteiger partial charge in [0.2, 0.25) is 10.0 Å². The van der Waals surface area contributed by atoms with E-state index in [0.29, 0.717) is 0 Å². The Balaban J connectivity index is 2.72. The van der Waals surface area contributed by atoms with Gasteiger partial charge < -0.3 is 9.84 Å². The Morgan fingerprint density at radius 2 is 2.14 bits per heavy atom. The van der Waals surface area contributed by atoms with Crippen molar-refractivity contribution in [1.29, 1.82) is 0 Å². The third-order valence-corrected chi connectivity index (χ3v) is 3.97. The Morgan fingerprint density at radius 3 is 2.71 bits per heavy atom. The molecule has 1 aromatic carbocycles. The molecule has 0 unspecified atom stereocenters. The molecular weight excluding hydrogens is 328 g/mol. The van der Waals surface area contributed by atoms with Gasteiger partial charge in [0.25, 0.3) is 5.69 Å². The number of carbonyl (C=O) groups is 1. The molecule has 0 aliphatic rings. The maximum Gasteiger partial charge on any atom is 0.329 e. The standard InChI is InChI=1S/C10H11ClN2O7S/c11-8-2-1-7(5-9(8)13(16)17)21(18,19)12-3-4-20-6-10(14)15/h1-2,5,12H,3-4,6H2,(H,14,15). The second-order valence-electron chi connectivity index (χ2n) is 3.71. The summed E-state index contributed by atoms with van der Waals surface area (Å²) < 4.78 is 30.5. The highest BCUT2D eigenvalue weighted by Gasteiger charge is 2.20. The van der Waals surface area contributed by atoms with Crippen molar-refractivity contribution in [2.75, 3.05) is 19.8 Å². The van der Waals surface area contributed by atoms with Crippen LogP contribution in [0, 0.1) is 10.1 Å². The topological polar surface area (TPSA) is 136 Å². The van der Waals surface area contributed by atoms with Gasteiger partial charge in [0.15, 0.2) is 0 Å². The quantitative estimate of drug-likeness (QED) is 0.403. The lowest BCUT2D eigenvalue weighted by Crippen LogP contribution is -2.28. The molecule has 0 amide bonds. The molecule has 11 heteroatoms. The van der Waals surface area contributed by atoms with Crippen LogP contribution in [-0.4, -0.2) is 44.2 Å². The molecule has 0 saturated carbocycles. The second kappa shape index (κ2) is 7.31. The van der Waals surface area contributed by atoms with Gasteiger partial charge in [-0.25, -0.2) is 17.9 Å². The fraction of sp³-hybridized carbons (Fsp3) is 0.300. The lowest BCUT2D eigenvalue weighted by molar-refractivity contribution is -0.384. The minimum Gasteiger partial charge on any atom is -0.480 e. The molecule has 116 valence electrons. The average molecular weight is 339 g/mol. The van der Waals surface area contributed by atoms with Crippen LogP contribution in [0.4, 0.5) is 5.69 Å². The van der Waals surface area contributed by atoms with E-state index >= 15 is 0 Å². The van der Waals surface area contributed by atoms with Crippen molar-refractivity contribution < 1.29 is 28.0 Å². The molecule has 0 fully saturated rings. The molecule has 0 radical (unpaired) electrons. The van der Waals surface area contributed by atoms with Crippen molar-refractivity contribution in [2.24, 2.45) is 0 Å². The van der Waals surface area contributed by atoms with Gasteiger partial charge in [-0.15, -0.1) is 0 Å². The van der Waals surface area contributed by atoms with E-state index in [0.717, 1.165) is 18.2 Å². The van der Waals surface area contributed by atoms with Gasteiger partial charge in [-0.2, -0.15) is 0 Å². The van der Waals surface area contributed by atoms with Crippen molar-refractivity contribution in [3.05, 3.63) is 33.3 Å². The third-order valence-electron chi connectivity index (χ3n) is 2.19. The molecule has 0 aliphatic carbocycles. The summed E-state index contributed by atoms with van der Waals surface area (Å²) >= 11 is 5.58. The fourth-order valence-corrected chi connectivity index (χ4v) is 2.51. The van der Waals surface area contributed by atoms with Crippen molar-refractivity contribution in [1.82, 2.24) is 4.72 Å². The molecule has 0 atom stereocenters. The highest BCUT2D eigenvalue weighted by Crippen LogP contribution is 2.26.